The van der Waals surface area contributed by atoms with Gasteiger partial charge in [0.2, 0.25) is 0 Å². The van der Waals surface area contributed by atoms with Gasteiger partial charge in [0.25, 0.3) is 0 Å². The van der Waals surface area contributed by atoms with Crippen LogP contribution in [0, 0.1) is 0 Å². The SMILES string of the molecule is COc1ccc(NC(=O)ON=C(c2ccccc2)c2ccncc2)cc1. The van der Waals surface area contributed by atoms with Gasteiger partial charge in [-0.15, -0.1) is 0 Å². The third-order valence-electron chi connectivity index (χ3n) is 3.56. The summed E-state index contributed by atoms with van der Waals surface area (Å²) in [6, 6.07) is 20.0. The molecule has 3 rings (SSSR count). The average molecular weight is 347 g/mol. The van der Waals surface area contributed by atoms with Crippen molar-refractivity contribution in [3.63, 3.8) is 0 Å². The number of amides is 1. The number of carbonyl (C=O) groups excluding carboxylic acids is 1. The zero-order chi connectivity index (χ0) is 18.2. The predicted octanol–water partition coefficient (Wildman–Crippen LogP) is 4.09. The van der Waals surface area contributed by atoms with Crippen LogP contribution in [-0.2, 0) is 4.84 Å². The molecule has 6 nitrogen and oxygen atoms in total. The summed E-state index contributed by atoms with van der Waals surface area (Å²) < 4.78 is 5.08. The molecule has 0 aliphatic heterocycles. The number of carbonyl (C=O) groups is 1. The van der Waals surface area contributed by atoms with Crippen LogP contribution in [0.1, 0.15) is 11.1 Å². The molecule has 0 saturated carbocycles. The van der Waals surface area contributed by atoms with Gasteiger partial charge in [-0.1, -0.05) is 35.5 Å². The van der Waals surface area contributed by atoms with E-state index in [1.165, 1.54) is 0 Å². The van der Waals surface area contributed by atoms with Crippen molar-refractivity contribution >= 4 is 17.5 Å². The van der Waals surface area contributed by atoms with Crippen LogP contribution in [-0.4, -0.2) is 23.9 Å². The Morgan fingerprint density at radius 2 is 1.58 bits per heavy atom. The maximum Gasteiger partial charge on any atom is 0.437 e. The third-order valence-corrected chi connectivity index (χ3v) is 3.56. The van der Waals surface area contributed by atoms with Gasteiger partial charge in [0.05, 0.1) is 7.11 Å². The van der Waals surface area contributed by atoms with E-state index in [1.54, 1.807) is 55.9 Å². The van der Waals surface area contributed by atoms with Crippen LogP contribution in [0.3, 0.4) is 0 Å². The number of anilines is 1. The molecule has 0 spiro atoms. The zero-order valence-electron chi connectivity index (χ0n) is 14.1. The first kappa shape index (κ1) is 17.2. The fourth-order valence-corrected chi connectivity index (χ4v) is 2.28. The molecule has 1 N–H and O–H groups in total. The van der Waals surface area contributed by atoms with Crippen molar-refractivity contribution in [1.29, 1.82) is 0 Å². The molecule has 1 heterocycles. The molecule has 0 aliphatic carbocycles. The first-order valence-electron chi connectivity index (χ1n) is 7.92. The van der Waals surface area contributed by atoms with Crippen LogP contribution < -0.4 is 10.1 Å². The lowest BCUT2D eigenvalue weighted by atomic mass is 10.0. The standard InChI is InChI=1S/C20H17N3O3/c1-25-18-9-7-17(8-10-18)22-20(24)26-23-19(15-5-3-2-4-6-15)16-11-13-21-14-12-16/h2-14H,1H3,(H,22,24). The molecule has 0 aliphatic rings. The Morgan fingerprint density at radius 3 is 2.23 bits per heavy atom. The smallest absolute Gasteiger partial charge is 0.437 e. The van der Waals surface area contributed by atoms with Crippen molar-refractivity contribution in [3.8, 4) is 5.75 Å². The van der Waals surface area contributed by atoms with Crippen molar-refractivity contribution in [2.75, 3.05) is 12.4 Å². The number of rotatable bonds is 5. The summed E-state index contributed by atoms with van der Waals surface area (Å²) in [5, 5.41) is 6.66. The van der Waals surface area contributed by atoms with E-state index >= 15 is 0 Å². The number of nitrogens with one attached hydrogen (secondary N) is 1. The minimum absolute atomic E-state index is 0.540. The van der Waals surface area contributed by atoms with E-state index in [9.17, 15) is 4.79 Å². The Bertz CT molecular complexity index is 838. The molecular formula is C20H17N3O3. The number of benzene rings is 2. The highest BCUT2D eigenvalue weighted by atomic mass is 16.7. The van der Waals surface area contributed by atoms with E-state index in [4.69, 9.17) is 9.57 Å². The number of hydrogen-bond donors (Lipinski definition) is 1. The summed E-state index contributed by atoms with van der Waals surface area (Å²) in [5.41, 5.74) is 2.74. The highest BCUT2D eigenvalue weighted by molar-refractivity contribution is 6.12. The molecule has 1 aromatic heterocycles. The van der Waals surface area contributed by atoms with Crippen LogP contribution in [0.25, 0.3) is 0 Å². The van der Waals surface area contributed by atoms with E-state index in [0.717, 1.165) is 11.1 Å². The van der Waals surface area contributed by atoms with Gasteiger partial charge in [-0.25, -0.2) is 4.79 Å². The first-order chi connectivity index (χ1) is 12.8. The summed E-state index contributed by atoms with van der Waals surface area (Å²) in [5.74, 6) is 0.700. The summed E-state index contributed by atoms with van der Waals surface area (Å²) in [6.45, 7) is 0. The minimum Gasteiger partial charge on any atom is -0.497 e. The molecule has 2 aromatic carbocycles. The van der Waals surface area contributed by atoms with E-state index in [2.05, 4.69) is 15.5 Å². The molecule has 0 unspecified atom stereocenters. The molecule has 26 heavy (non-hydrogen) atoms. The van der Waals surface area contributed by atoms with Crippen LogP contribution in [0.5, 0.6) is 5.75 Å². The van der Waals surface area contributed by atoms with Gasteiger partial charge < -0.3 is 4.74 Å². The van der Waals surface area contributed by atoms with Crippen LogP contribution in [0.4, 0.5) is 10.5 Å². The third kappa shape index (κ3) is 4.45. The van der Waals surface area contributed by atoms with Crippen LogP contribution in [0.2, 0.25) is 0 Å². The van der Waals surface area contributed by atoms with Crippen molar-refractivity contribution in [3.05, 3.63) is 90.3 Å². The number of methoxy groups -OCH3 is 1. The molecule has 1 amide bonds. The number of ether oxygens (including phenoxy) is 1. The molecule has 0 radical (unpaired) electrons. The number of oxime groups is 1. The van der Waals surface area contributed by atoms with E-state index in [0.29, 0.717) is 17.1 Å². The Balaban J connectivity index is 1.76. The lowest BCUT2D eigenvalue weighted by Gasteiger charge is -2.07. The topological polar surface area (TPSA) is 72.8 Å². The fourth-order valence-electron chi connectivity index (χ4n) is 2.28. The zero-order valence-corrected chi connectivity index (χ0v) is 14.1. The van der Waals surface area contributed by atoms with E-state index < -0.39 is 6.09 Å². The van der Waals surface area contributed by atoms with Crippen molar-refractivity contribution < 1.29 is 14.4 Å². The first-order valence-corrected chi connectivity index (χ1v) is 7.92. The molecule has 0 fully saturated rings. The number of nitrogens with zero attached hydrogens (tertiary/aromatic N) is 2. The normalized spacial score (nSPS) is 10.9. The molecule has 0 atom stereocenters. The van der Waals surface area contributed by atoms with Gasteiger partial charge in [-0.3, -0.25) is 15.1 Å². The van der Waals surface area contributed by atoms with Gasteiger partial charge in [0, 0.05) is 29.2 Å². The Morgan fingerprint density at radius 1 is 0.923 bits per heavy atom. The highest BCUT2D eigenvalue weighted by Gasteiger charge is 2.10. The van der Waals surface area contributed by atoms with Crippen LogP contribution >= 0.6 is 0 Å². The second-order valence-corrected chi connectivity index (χ2v) is 5.27. The van der Waals surface area contributed by atoms with Gasteiger partial charge in [-0.2, -0.15) is 0 Å². The fraction of sp³-hybridized carbons (Fsp3) is 0.0500. The second-order valence-electron chi connectivity index (χ2n) is 5.27. The maximum atomic E-state index is 12.0. The summed E-state index contributed by atoms with van der Waals surface area (Å²) in [6.07, 6.45) is 2.63. The molecule has 3 aromatic rings. The van der Waals surface area contributed by atoms with E-state index in [1.807, 2.05) is 30.3 Å². The quantitative estimate of drug-likeness (QED) is 0.429. The number of hydrogen-bond acceptors (Lipinski definition) is 5. The lowest BCUT2D eigenvalue weighted by Crippen LogP contribution is -2.13. The summed E-state index contributed by atoms with van der Waals surface area (Å²) in [7, 11) is 1.58. The molecule has 6 heteroatoms. The second kappa shape index (κ2) is 8.43. The Labute approximate surface area is 151 Å². The van der Waals surface area contributed by atoms with Crippen LogP contribution in [0.15, 0.2) is 84.3 Å². The van der Waals surface area contributed by atoms with E-state index in [-0.39, 0.29) is 0 Å². The van der Waals surface area contributed by atoms with Gasteiger partial charge in [0.1, 0.15) is 11.5 Å². The summed E-state index contributed by atoms with van der Waals surface area (Å²) >= 11 is 0. The Hall–Kier alpha value is -3.67. The molecule has 130 valence electrons. The largest absolute Gasteiger partial charge is 0.497 e. The van der Waals surface area contributed by atoms with Gasteiger partial charge in [-0.05, 0) is 36.4 Å². The highest BCUT2D eigenvalue weighted by Crippen LogP contribution is 2.15. The van der Waals surface area contributed by atoms with Crippen molar-refractivity contribution in [2.24, 2.45) is 5.16 Å². The van der Waals surface area contributed by atoms with Gasteiger partial charge >= 0.3 is 6.09 Å². The van der Waals surface area contributed by atoms with Crippen molar-refractivity contribution in [1.82, 2.24) is 4.98 Å². The molecular weight excluding hydrogens is 330 g/mol. The molecule has 0 bridgehead atoms. The average Bonchev–Trinajstić information content (AvgIpc) is 2.70. The maximum absolute atomic E-state index is 12.0. The minimum atomic E-state index is -0.683. The summed E-state index contributed by atoms with van der Waals surface area (Å²) in [4.78, 5) is 21.1. The number of pyridine rings is 1. The lowest BCUT2D eigenvalue weighted by molar-refractivity contribution is 0.166. The monoisotopic (exact) mass is 347 g/mol. The number of aromatic nitrogens is 1. The van der Waals surface area contributed by atoms with Gasteiger partial charge in [0.15, 0.2) is 0 Å². The molecule has 0 saturated heterocycles. The Kier molecular flexibility index (Phi) is 5.57. The van der Waals surface area contributed by atoms with Crippen molar-refractivity contribution in [2.45, 2.75) is 0 Å². The predicted molar refractivity (Wildman–Crippen MR) is 99.4 cm³/mol.